The maximum atomic E-state index is 11.9. The van der Waals surface area contributed by atoms with Crippen molar-refractivity contribution in [2.75, 3.05) is 18.0 Å². The van der Waals surface area contributed by atoms with E-state index < -0.39 is 0 Å². The van der Waals surface area contributed by atoms with Crippen molar-refractivity contribution in [2.45, 2.75) is 44.9 Å². The van der Waals surface area contributed by atoms with E-state index >= 15 is 0 Å². The maximum Gasteiger partial charge on any atom is 0.255 e. The van der Waals surface area contributed by atoms with Crippen LogP contribution in [0.5, 0.6) is 0 Å². The van der Waals surface area contributed by atoms with Gasteiger partial charge in [0.25, 0.3) is 5.56 Å². The fraction of sp³-hybridized carbons (Fsp3) is 0.692. The van der Waals surface area contributed by atoms with Gasteiger partial charge < -0.3 is 4.90 Å². The summed E-state index contributed by atoms with van der Waals surface area (Å²) >= 11 is 0. The molecule has 1 saturated heterocycles. The molecule has 0 bridgehead atoms. The standard InChI is InChI=1S/C13H19N3O/c17-12-10-6-5-7-11(10)14-13(15-12)16-8-3-1-2-4-9-16/h1-9H2,(H,14,15,17). The lowest BCUT2D eigenvalue weighted by atomic mass is 10.2. The zero-order valence-corrected chi connectivity index (χ0v) is 10.2. The van der Waals surface area contributed by atoms with E-state index in [0.717, 1.165) is 49.6 Å². The summed E-state index contributed by atoms with van der Waals surface area (Å²) in [6, 6.07) is 0. The molecule has 3 rings (SSSR count). The molecule has 4 nitrogen and oxygen atoms in total. The summed E-state index contributed by atoms with van der Waals surface area (Å²) in [6.07, 6.45) is 7.96. The highest BCUT2D eigenvalue weighted by Gasteiger charge is 2.19. The lowest BCUT2D eigenvalue weighted by Crippen LogP contribution is -2.29. The molecule has 0 amide bonds. The number of rotatable bonds is 1. The Morgan fingerprint density at radius 3 is 2.53 bits per heavy atom. The predicted octanol–water partition coefficient (Wildman–Crippen LogP) is 1.64. The van der Waals surface area contributed by atoms with Crippen LogP contribution in [0, 0.1) is 0 Å². The predicted molar refractivity (Wildman–Crippen MR) is 67.6 cm³/mol. The molecule has 17 heavy (non-hydrogen) atoms. The van der Waals surface area contributed by atoms with Gasteiger partial charge in [-0.1, -0.05) is 12.8 Å². The van der Waals surface area contributed by atoms with Crippen molar-refractivity contribution in [1.29, 1.82) is 0 Å². The van der Waals surface area contributed by atoms with Gasteiger partial charge in [-0.3, -0.25) is 9.78 Å². The first-order chi connectivity index (χ1) is 8.34. The molecule has 0 spiro atoms. The molecule has 4 heteroatoms. The van der Waals surface area contributed by atoms with Gasteiger partial charge in [-0.05, 0) is 32.1 Å². The van der Waals surface area contributed by atoms with Crippen molar-refractivity contribution >= 4 is 5.95 Å². The highest BCUT2D eigenvalue weighted by atomic mass is 16.1. The van der Waals surface area contributed by atoms with E-state index in [0.29, 0.717) is 0 Å². The molecule has 2 aliphatic rings. The molecule has 1 aliphatic carbocycles. The molecule has 0 atom stereocenters. The zero-order chi connectivity index (χ0) is 11.7. The highest BCUT2D eigenvalue weighted by molar-refractivity contribution is 5.35. The Bertz CT molecular complexity index is 458. The Hall–Kier alpha value is -1.32. The largest absolute Gasteiger partial charge is 0.342 e. The van der Waals surface area contributed by atoms with E-state index in [1.54, 1.807) is 0 Å². The molecular formula is C13H19N3O. The minimum Gasteiger partial charge on any atom is -0.342 e. The molecule has 0 radical (unpaired) electrons. The summed E-state index contributed by atoms with van der Waals surface area (Å²) in [5.41, 5.74) is 2.04. The molecule has 0 unspecified atom stereocenters. The molecular weight excluding hydrogens is 214 g/mol. The summed E-state index contributed by atoms with van der Waals surface area (Å²) in [5.74, 6) is 0.803. The van der Waals surface area contributed by atoms with Crippen LogP contribution in [0.15, 0.2) is 4.79 Å². The van der Waals surface area contributed by atoms with Gasteiger partial charge in [0.1, 0.15) is 0 Å². The molecule has 92 valence electrons. The molecule has 1 fully saturated rings. The third-order valence-electron chi connectivity index (χ3n) is 3.83. The number of aromatic nitrogens is 2. The Morgan fingerprint density at radius 2 is 1.76 bits per heavy atom. The van der Waals surface area contributed by atoms with Crippen molar-refractivity contribution in [3.8, 4) is 0 Å². The van der Waals surface area contributed by atoms with Crippen molar-refractivity contribution < 1.29 is 0 Å². The Balaban J connectivity index is 1.92. The van der Waals surface area contributed by atoms with Crippen LogP contribution in [-0.4, -0.2) is 23.1 Å². The van der Waals surface area contributed by atoms with Crippen LogP contribution in [0.3, 0.4) is 0 Å². The number of hydrogen-bond acceptors (Lipinski definition) is 3. The van der Waals surface area contributed by atoms with E-state index in [1.165, 1.54) is 25.7 Å². The van der Waals surface area contributed by atoms with Crippen LogP contribution < -0.4 is 10.5 Å². The smallest absolute Gasteiger partial charge is 0.255 e. The van der Waals surface area contributed by atoms with E-state index in [9.17, 15) is 4.79 Å². The summed E-state index contributed by atoms with van der Waals surface area (Å²) < 4.78 is 0. The number of fused-ring (bicyclic) bond motifs is 1. The second-order valence-electron chi connectivity index (χ2n) is 5.07. The number of aromatic amines is 1. The van der Waals surface area contributed by atoms with Crippen molar-refractivity contribution in [3.05, 3.63) is 21.6 Å². The Labute approximate surface area is 101 Å². The number of hydrogen-bond donors (Lipinski definition) is 1. The molecule has 1 aromatic heterocycles. The number of nitrogens with one attached hydrogen (secondary N) is 1. The van der Waals surface area contributed by atoms with Crippen LogP contribution >= 0.6 is 0 Å². The topological polar surface area (TPSA) is 49.0 Å². The average Bonchev–Trinajstić information content (AvgIpc) is 2.63. The Kier molecular flexibility index (Phi) is 2.87. The lowest BCUT2D eigenvalue weighted by molar-refractivity contribution is 0.726. The average molecular weight is 233 g/mol. The fourth-order valence-corrected chi connectivity index (χ4v) is 2.86. The van der Waals surface area contributed by atoms with Gasteiger partial charge in [-0.2, -0.15) is 0 Å². The normalized spacial score (nSPS) is 20.1. The quantitative estimate of drug-likeness (QED) is 0.802. The summed E-state index contributed by atoms with van der Waals surface area (Å²) in [7, 11) is 0. The van der Waals surface area contributed by atoms with Crippen LogP contribution in [-0.2, 0) is 12.8 Å². The lowest BCUT2D eigenvalue weighted by Gasteiger charge is -2.21. The summed E-state index contributed by atoms with van der Waals surface area (Å²) in [4.78, 5) is 21.8. The first kappa shape index (κ1) is 10.8. The van der Waals surface area contributed by atoms with Crippen molar-refractivity contribution in [1.82, 2.24) is 9.97 Å². The van der Waals surface area contributed by atoms with Gasteiger partial charge in [-0.25, -0.2) is 4.98 Å². The van der Waals surface area contributed by atoms with Crippen LogP contribution in [0.1, 0.15) is 43.4 Å². The minimum atomic E-state index is 0.0896. The monoisotopic (exact) mass is 233 g/mol. The van der Waals surface area contributed by atoms with Crippen LogP contribution in [0.25, 0.3) is 0 Å². The van der Waals surface area contributed by atoms with Gasteiger partial charge >= 0.3 is 0 Å². The van der Waals surface area contributed by atoms with Gasteiger partial charge in [0.05, 0.1) is 5.69 Å². The third-order valence-corrected chi connectivity index (χ3v) is 3.83. The third kappa shape index (κ3) is 2.08. The Morgan fingerprint density at radius 1 is 1.00 bits per heavy atom. The molecule has 0 saturated carbocycles. The van der Waals surface area contributed by atoms with Gasteiger partial charge in [-0.15, -0.1) is 0 Å². The van der Waals surface area contributed by atoms with Gasteiger partial charge in [0, 0.05) is 18.7 Å². The minimum absolute atomic E-state index is 0.0896. The highest BCUT2D eigenvalue weighted by Crippen LogP contribution is 2.20. The first-order valence-electron chi connectivity index (χ1n) is 6.71. The SMILES string of the molecule is O=c1[nH]c(N2CCCCCC2)nc2c1CCC2. The summed E-state index contributed by atoms with van der Waals surface area (Å²) in [6.45, 7) is 2.06. The molecule has 0 aromatic carbocycles. The second-order valence-corrected chi connectivity index (χ2v) is 5.07. The molecule has 1 N–H and O–H groups in total. The maximum absolute atomic E-state index is 11.9. The number of H-pyrrole nitrogens is 1. The van der Waals surface area contributed by atoms with Crippen LogP contribution in [0.4, 0.5) is 5.95 Å². The molecule has 1 aromatic rings. The van der Waals surface area contributed by atoms with Gasteiger partial charge in [0.15, 0.2) is 0 Å². The fourth-order valence-electron chi connectivity index (χ4n) is 2.86. The number of aryl methyl sites for hydroxylation is 1. The molecule has 1 aliphatic heterocycles. The van der Waals surface area contributed by atoms with Gasteiger partial charge in [0.2, 0.25) is 5.95 Å². The van der Waals surface area contributed by atoms with Crippen molar-refractivity contribution in [2.24, 2.45) is 0 Å². The van der Waals surface area contributed by atoms with Crippen LogP contribution in [0.2, 0.25) is 0 Å². The van der Waals surface area contributed by atoms with E-state index in [-0.39, 0.29) is 5.56 Å². The zero-order valence-electron chi connectivity index (χ0n) is 10.2. The first-order valence-corrected chi connectivity index (χ1v) is 6.71. The number of anilines is 1. The second kappa shape index (κ2) is 4.51. The van der Waals surface area contributed by atoms with E-state index in [4.69, 9.17) is 0 Å². The summed E-state index contributed by atoms with van der Waals surface area (Å²) in [5, 5.41) is 0. The van der Waals surface area contributed by atoms with E-state index in [2.05, 4.69) is 14.9 Å². The van der Waals surface area contributed by atoms with E-state index in [1.807, 2.05) is 0 Å². The molecule has 2 heterocycles. The van der Waals surface area contributed by atoms with Crippen molar-refractivity contribution in [3.63, 3.8) is 0 Å². The number of nitrogens with zero attached hydrogens (tertiary/aromatic N) is 2.